The molecule has 0 spiro atoms. The van der Waals surface area contributed by atoms with Gasteiger partial charge in [0, 0.05) is 25.4 Å². The van der Waals surface area contributed by atoms with Crippen molar-refractivity contribution in [1.82, 2.24) is 15.1 Å². The Kier molecular flexibility index (Phi) is 4.27. The van der Waals surface area contributed by atoms with E-state index in [2.05, 4.69) is 33.0 Å². The van der Waals surface area contributed by atoms with Crippen molar-refractivity contribution in [3.63, 3.8) is 0 Å². The van der Waals surface area contributed by atoms with Gasteiger partial charge < -0.3 is 5.32 Å². The summed E-state index contributed by atoms with van der Waals surface area (Å²) in [6.07, 6.45) is 9.37. The Hall–Kier alpha value is -0.350. The van der Waals surface area contributed by atoms with Crippen LogP contribution in [0.3, 0.4) is 0 Å². The molecule has 4 heteroatoms. The van der Waals surface area contributed by atoms with Crippen LogP contribution in [-0.4, -0.2) is 22.9 Å². The molecule has 2 aliphatic rings. The third kappa shape index (κ3) is 2.75. The maximum Gasteiger partial charge on any atom is 0.0813 e. The highest BCUT2D eigenvalue weighted by atomic mass is 79.9. The van der Waals surface area contributed by atoms with Gasteiger partial charge in [0.05, 0.1) is 15.9 Å². The number of aromatic nitrogens is 2. The van der Waals surface area contributed by atoms with Gasteiger partial charge in [-0.2, -0.15) is 5.10 Å². The van der Waals surface area contributed by atoms with Crippen LogP contribution in [-0.2, 0) is 7.05 Å². The molecule has 1 atom stereocenters. The lowest BCUT2D eigenvalue weighted by Gasteiger charge is -2.23. The number of hydrogen-bond donors (Lipinski definition) is 1. The number of hydrogen-bond acceptors (Lipinski definition) is 2. The number of halogens is 1. The molecular formula is C15H24BrN3. The molecule has 2 fully saturated rings. The minimum atomic E-state index is 0.590. The third-order valence-electron chi connectivity index (χ3n) is 4.73. The summed E-state index contributed by atoms with van der Waals surface area (Å²) in [5, 5.41) is 8.34. The van der Waals surface area contributed by atoms with Gasteiger partial charge in [-0.25, -0.2) is 0 Å². The quantitative estimate of drug-likeness (QED) is 0.898. The van der Waals surface area contributed by atoms with E-state index in [1.54, 1.807) is 0 Å². The molecule has 2 heterocycles. The summed E-state index contributed by atoms with van der Waals surface area (Å²) in [4.78, 5) is 0. The van der Waals surface area contributed by atoms with E-state index in [9.17, 15) is 0 Å². The Morgan fingerprint density at radius 1 is 1.11 bits per heavy atom. The number of nitrogens with one attached hydrogen (secondary N) is 1. The Labute approximate surface area is 124 Å². The van der Waals surface area contributed by atoms with Gasteiger partial charge in [0.15, 0.2) is 0 Å². The van der Waals surface area contributed by atoms with Crippen molar-refractivity contribution in [1.29, 1.82) is 0 Å². The minimum absolute atomic E-state index is 0.590. The molecule has 1 aliphatic heterocycles. The van der Waals surface area contributed by atoms with E-state index >= 15 is 0 Å². The number of nitrogens with zero attached hydrogens (tertiary/aromatic N) is 2. The largest absolute Gasteiger partial charge is 0.316 e. The Bertz CT molecular complexity index is 429. The minimum Gasteiger partial charge on any atom is -0.316 e. The van der Waals surface area contributed by atoms with Crippen LogP contribution in [0.4, 0.5) is 0 Å². The van der Waals surface area contributed by atoms with E-state index in [0.29, 0.717) is 11.8 Å². The van der Waals surface area contributed by atoms with Crippen LogP contribution in [0.25, 0.3) is 0 Å². The van der Waals surface area contributed by atoms with Crippen molar-refractivity contribution in [2.24, 2.45) is 7.05 Å². The maximum absolute atomic E-state index is 4.84. The average Bonchev–Trinajstić information content (AvgIpc) is 2.76. The van der Waals surface area contributed by atoms with Gasteiger partial charge in [0.2, 0.25) is 0 Å². The van der Waals surface area contributed by atoms with Crippen LogP contribution in [0.1, 0.15) is 68.2 Å². The smallest absolute Gasteiger partial charge is 0.0813 e. The molecule has 0 aromatic carbocycles. The summed E-state index contributed by atoms with van der Waals surface area (Å²) in [6.45, 7) is 2.25. The second-order valence-corrected chi connectivity index (χ2v) is 6.88. The van der Waals surface area contributed by atoms with E-state index in [4.69, 9.17) is 5.10 Å². The number of aryl methyl sites for hydroxylation is 1. The zero-order valence-electron chi connectivity index (χ0n) is 11.8. The van der Waals surface area contributed by atoms with Gasteiger partial charge in [0.25, 0.3) is 0 Å². The highest BCUT2D eigenvalue weighted by Crippen LogP contribution is 2.40. The first-order valence-electron chi connectivity index (χ1n) is 7.70. The van der Waals surface area contributed by atoms with Crippen molar-refractivity contribution < 1.29 is 0 Å². The molecule has 1 aliphatic carbocycles. The highest BCUT2D eigenvalue weighted by molar-refractivity contribution is 9.10. The summed E-state index contributed by atoms with van der Waals surface area (Å²) in [5.74, 6) is 1.30. The molecule has 3 nitrogen and oxygen atoms in total. The molecular weight excluding hydrogens is 302 g/mol. The zero-order valence-corrected chi connectivity index (χ0v) is 13.4. The molecule has 1 aromatic rings. The van der Waals surface area contributed by atoms with E-state index in [-0.39, 0.29) is 0 Å². The van der Waals surface area contributed by atoms with Gasteiger partial charge in [-0.15, -0.1) is 0 Å². The molecule has 19 heavy (non-hydrogen) atoms. The molecule has 1 saturated heterocycles. The van der Waals surface area contributed by atoms with E-state index in [1.807, 2.05) is 0 Å². The predicted octanol–water partition coefficient (Wildman–Crippen LogP) is 3.70. The first kappa shape index (κ1) is 13.6. The third-order valence-corrected chi connectivity index (χ3v) is 5.54. The van der Waals surface area contributed by atoms with Crippen molar-refractivity contribution >= 4 is 15.9 Å². The molecule has 0 bridgehead atoms. The normalized spacial score (nSPS) is 25.7. The van der Waals surface area contributed by atoms with Gasteiger partial charge in [0.1, 0.15) is 0 Å². The fourth-order valence-electron chi connectivity index (χ4n) is 3.70. The van der Waals surface area contributed by atoms with Crippen LogP contribution in [0.5, 0.6) is 0 Å². The standard InChI is InChI=1S/C15H24BrN3/c1-19-15(11-6-3-2-4-7-11)13(16)14(18-19)12-8-5-9-17-10-12/h11-12,17H,2-10H2,1H3. The number of piperidine rings is 1. The second kappa shape index (κ2) is 5.96. The van der Waals surface area contributed by atoms with Crippen LogP contribution in [0, 0.1) is 0 Å². The molecule has 1 saturated carbocycles. The van der Waals surface area contributed by atoms with Crippen LogP contribution >= 0.6 is 15.9 Å². The van der Waals surface area contributed by atoms with Gasteiger partial charge >= 0.3 is 0 Å². The SMILES string of the molecule is Cn1nc(C2CCCNC2)c(Br)c1C1CCCCC1. The molecule has 1 unspecified atom stereocenters. The average molecular weight is 326 g/mol. The van der Waals surface area contributed by atoms with Crippen molar-refractivity contribution in [2.75, 3.05) is 13.1 Å². The van der Waals surface area contributed by atoms with E-state index in [0.717, 1.165) is 13.1 Å². The lowest BCUT2D eigenvalue weighted by molar-refractivity contribution is 0.422. The Balaban J connectivity index is 1.86. The molecule has 106 valence electrons. The van der Waals surface area contributed by atoms with Crippen LogP contribution in [0.15, 0.2) is 4.47 Å². The molecule has 1 N–H and O–H groups in total. The lowest BCUT2D eigenvalue weighted by Crippen LogP contribution is -2.28. The monoisotopic (exact) mass is 325 g/mol. The summed E-state index contributed by atoms with van der Waals surface area (Å²) >= 11 is 3.86. The molecule has 1 aromatic heterocycles. The zero-order chi connectivity index (χ0) is 13.2. The Morgan fingerprint density at radius 3 is 2.53 bits per heavy atom. The summed E-state index contributed by atoms with van der Waals surface area (Å²) < 4.78 is 3.44. The highest BCUT2D eigenvalue weighted by Gasteiger charge is 2.28. The fourth-order valence-corrected chi connectivity index (χ4v) is 4.68. The van der Waals surface area contributed by atoms with Crippen molar-refractivity contribution in [3.05, 3.63) is 15.9 Å². The maximum atomic E-state index is 4.84. The predicted molar refractivity (Wildman–Crippen MR) is 81.6 cm³/mol. The topological polar surface area (TPSA) is 29.9 Å². The number of rotatable bonds is 2. The first-order chi connectivity index (χ1) is 9.27. The second-order valence-electron chi connectivity index (χ2n) is 6.09. The van der Waals surface area contributed by atoms with Gasteiger partial charge in [-0.3, -0.25) is 4.68 Å². The summed E-state index contributed by atoms with van der Waals surface area (Å²) in [7, 11) is 2.12. The van der Waals surface area contributed by atoms with Crippen molar-refractivity contribution in [2.45, 2.75) is 56.8 Å². The lowest BCUT2D eigenvalue weighted by atomic mass is 9.86. The first-order valence-corrected chi connectivity index (χ1v) is 8.49. The van der Waals surface area contributed by atoms with Crippen LogP contribution in [0.2, 0.25) is 0 Å². The van der Waals surface area contributed by atoms with Crippen molar-refractivity contribution in [3.8, 4) is 0 Å². The summed E-state index contributed by atoms with van der Waals surface area (Å²) in [6, 6.07) is 0. The van der Waals surface area contributed by atoms with E-state index in [1.165, 1.54) is 60.8 Å². The molecule has 0 amide bonds. The van der Waals surface area contributed by atoms with Gasteiger partial charge in [-0.1, -0.05) is 19.3 Å². The fraction of sp³-hybridized carbons (Fsp3) is 0.800. The summed E-state index contributed by atoms with van der Waals surface area (Å²) in [5.41, 5.74) is 2.73. The molecule has 3 rings (SSSR count). The van der Waals surface area contributed by atoms with Gasteiger partial charge in [-0.05, 0) is 48.2 Å². The molecule has 0 radical (unpaired) electrons. The Morgan fingerprint density at radius 2 is 1.84 bits per heavy atom. The van der Waals surface area contributed by atoms with E-state index < -0.39 is 0 Å². The van der Waals surface area contributed by atoms with Crippen LogP contribution < -0.4 is 5.32 Å².